The van der Waals surface area contributed by atoms with Gasteiger partial charge < -0.3 is 9.30 Å². The molecular formula is C14H16N2O. The van der Waals surface area contributed by atoms with E-state index in [1.165, 1.54) is 16.5 Å². The summed E-state index contributed by atoms with van der Waals surface area (Å²) < 4.78 is 7.60. The SMILES string of the molecule is CCOc1ccc2c(c1)c(CCC#N)cn2C. The third kappa shape index (κ3) is 2.26. The largest absolute Gasteiger partial charge is 0.494 e. The topological polar surface area (TPSA) is 37.9 Å². The minimum absolute atomic E-state index is 0.554. The van der Waals surface area contributed by atoms with Crippen molar-refractivity contribution in [2.45, 2.75) is 19.8 Å². The number of benzene rings is 1. The van der Waals surface area contributed by atoms with Crippen molar-refractivity contribution in [3.63, 3.8) is 0 Å². The van der Waals surface area contributed by atoms with Crippen LogP contribution in [0.2, 0.25) is 0 Å². The molecule has 0 radical (unpaired) electrons. The molecule has 0 spiro atoms. The van der Waals surface area contributed by atoms with Crippen LogP contribution in [0, 0.1) is 11.3 Å². The van der Waals surface area contributed by atoms with Gasteiger partial charge in [-0.1, -0.05) is 0 Å². The first-order valence-electron chi connectivity index (χ1n) is 5.84. The fourth-order valence-electron chi connectivity index (χ4n) is 2.10. The molecule has 1 heterocycles. The molecule has 1 aromatic heterocycles. The maximum atomic E-state index is 8.66. The monoisotopic (exact) mass is 228 g/mol. The third-order valence-corrected chi connectivity index (χ3v) is 2.86. The van der Waals surface area contributed by atoms with Gasteiger partial charge in [0.05, 0.1) is 12.7 Å². The van der Waals surface area contributed by atoms with Crippen LogP contribution in [0.5, 0.6) is 5.75 Å². The van der Waals surface area contributed by atoms with E-state index in [0.717, 1.165) is 12.2 Å². The Hall–Kier alpha value is -1.95. The highest BCUT2D eigenvalue weighted by molar-refractivity contribution is 5.85. The van der Waals surface area contributed by atoms with Gasteiger partial charge in [-0.2, -0.15) is 5.26 Å². The van der Waals surface area contributed by atoms with Crippen LogP contribution in [0.3, 0.4) is 0 Å². The molecule has 0 N–H and O–H groups in total. The average Bonchev–Trinajstić information content (AvgIpc) is 2.64. The van der Waals surface area contributed by atoms with E-state index >= 15 is 0 Å². The fourth-order valence-corrected chi connectivity index (χ4v) is 2.10. The Bertz CT molecular complexity index is 563. The van der Waals surface area contributed by atoms with Crippen molar-refractivity contribution in [1.29, 1.82) is 5.26 Å². The lowest BCUT2D eigenvalue weighted by molar-refractivity contribution is 0.340. The molecule has 0 atom stereocenters. The number of aryl methyl sites for hydroxylation is 2. The van der Waals surface area contributed by atoms with Gasteiger partial charge in [-0.3, -0.25) is 0 Å². The molecule has 0 saturated heterocycles. The van der Waals surface area contributed by atoms with E-state index < -0.39 is 0 Å². The predicted molar refractivity (Wildman–Crippen MR) is 68.0 cm³/mol. The van der Waals surface area contributed by atoms with Gasteiger partial charge in [-0.25, -0.2) is 0 Å². The summed E-state index contributed by atoms with van der Waals surface area (Å²) in [5, 5.41) is 9.85. The normalized spacial score (nSPS) is 10.4. The standard InChI is InChI=1S/C14H16N2O/c1-3-17-12-6-7-14-13(9-12)11(5-4-8-15)10-16(14)2/h6-7,9-10H,3-5H2,1-2H3. The summed E-state index contributed by atoms with van der Waals surface area (Å²) in [7, 11) is 2.03. The van der Waals surface area contributed by atoms with Gasteiger partial charge in [0.15, 0.2) is 0 Å². The van der Waals surface area contributed by atoms with E-state index in [4.69, 9.17) is 10.00 Å². The average molecular weight is 228 g/mol. The second-order valence-electron chi connectivity index (χ2n) is 4.04. The van der Waals surface area contributed by atoms with Gasteiger partial charge >= 0.3 is 0 Å². The molecular weight excluding hydrogens is 212 g/mol. The Labute approximate surface area is 101 Å². The number of hydrogen-bond donors (Lipinski definition) is 0. The number of nitrogens with zero attached hydrogens (tertiary/aromatic N) is 2. The van der Waals surface area contributed by atoms with Crippen LogP contribution < -0.4 is 4.74 Å². The highest BCUT2D eigenvalue weighted by atomic mass is 16.5. The Balaban J connectivity index is 2.45. The molecule has 2 rings (SSSR count). The molecule has 0 unspecified atom stereocenters. The third-order valence-electron chi connectivity index (χ3n) is 2.86. The summed E-state index contributed by atoms with van der Waals surface area (Å²) in [6.45, 7) is 2.65. The first-order chi connectivity index (χ1) is 8.26. The van der Waals surface area contributed by atoms with E-state index in [2.05, 4.69) is 29.0 Å². The summed E-state index contributed by atoms with van der Waals surface area (Å²) in [5.41, 5.74) is 2.40. The molecule has 3 nitrogen and oxygen atoms in total. The Morgan fingerprint density at radius 2 is 2.24 bits per heavy atom. The number of ether oxygens (including phenoxy) is 1. The molecule has 88 valence electrons. The number of hydrogen-bond acceptors (Lipinski definition) is 2. The molecule has 3 heteroatoms. The molecule has 0 saturated carbocycles. The Kier molecular flexibility index (Phi) is 3.34. The number of aromatic nitrogens is 1. The second-order valence-corrected chi connectivity index (χ2v) is 4.04. The molecule has 1 aromatic carbocycles. The van der Waals surface area contributed by atoms with Crippen molar-refractivity contribution in [1.82, 2.24) is 4.57 Å². The van der Waals surface area contributed by atoms with Crippen LogP contribution in [-0.2, 0) is 13.5 Å². The van der Waals surface area contributed by atoms with Crippen LogP contribution in [-0.4, -0.2) is 11.2 Å². The molecule has 2 aromatic rings. The zero-order valence-electron chi connectivity index (χ0n) is 10.2. The van der Waals surface area contributed by atoms with Crippen molar-refractivity contribution in [2.24, 2.45) is 7.05 Å². The minimum atomic E-state index is 0.554. The highest BCUT2D eigenvalue weighted by Crippen LogP contribution is 2.26. The van der Waals surface area contributed by atoms with Crippen molar-refractivity contribution in [3.8, 4) is 11.8 Å². The molecule has 17 heavy (non-hydrogen) atoms. The Morgan fingerprint density at radius 1 is 1.41 bits per heavy atom. The van der Waals surface area contributed by atoms with E-state index in [0.29, 0.717) is 13.0 Å². The van der Waals surface area contributed by atoms with E-state index in [9.17, 15) is 0 Å². The molecule has 0 bridgehead atoms. The summed E-state index contributed by atoms with van der Waals surface area (Å²) >= 11 is 0. The fraction of sp³-hybridized carbons (Fsp3) is 0.357. The lowest BCUT2D eigenvalue weighted by Crippen LogP contribution is -1.91. The first kappa shape index (κ1) is 11.5. The highest BCUT2D eigenvalue weighted by Gasteiger charge is 2.07. The molecule has 0 fully saturated rings. The quantitative estimate of drug-likeness (QED) is 0.806. The van der Waals surface area contributed by atoms with Crippen LogP contribution >= 0.6 is 0 Å². The lowest BCUT2D eigenvalue weighted by atomic mass is 10.1. The molecule has 0 aliphatic carbocycles. The molecule has 0 aliphatic rings. The van der Waals surface area contributed by atoms with Gasteiger partial charge in [0.25, 0.3) is 0 Å². The van der Waals surface area contributed by atoms with Gasteiger partial charge in [0.2, 0.25) is 0 Å². The lowest BCUT2D eigenvalue weighted by Gasteiger charge is -2.03. The number of rotatable bonds is 4. The van der Waals surface area contributed by atoms with Crippen molar-refractivity contribution in [2.75, 3.05) is 6.61 Å². The summed E-state index contributed by atoms with van der Waals surface area (Å²) in [6, 6.07) is 8.30. The van der Waals surface area contributed by atoms with Crippen LogP contribution in [0.25, 0.3) is 10.9 Å². The molecule has 0 aliphatic heterocycles. The van der Waals surface area contributed by atoms with Crippen LogP contribution in [0.15, 0.2) is 24.4 Å². The van der Waals surface area contributed by atoms with E-state index in [1.54, 1.807) is 0 Å². The maximum Gasteiger partial charge on any atom is 0.120 e. The zero-order chi connectivity index (χ0) is 12.3. The number of fused-ring (bicyclic) bond motifs is 1. The van der Waals surface area contributed by atoms with E-state index in [-0.39, 0.29) is 0 Å². The van der Waals surface area contributed by atoms with Gasteiger partial charge in [0.1, 0.15) is 5.75 Å². The van der Waals surface area contributed by atoms with Gasteiger partial charge in [-0.05, 0) is 37.1 Å². The second kappa shape index (κ2) is 4.92. The maximum absolute atomic E-state index is 8.66. The minimum Gasteiger partial charge on any atom is -0.494 e. The van der Waals surface area contributed by atoms with Gasteiger partial charge in [0, 0.05) is 30.6 Å². The smallest absolute Gasteiger partial charge is 0.120 e. The van der Waals surface area contributed by atoms with Crippen LogP contribution in [0.4, 0.5) is 0 Å². The van der Waals surface area contributed by atoms with Crippen LogP contribution in [0.1, 0.15) is 18.9 Å². The molecule has 0 amide bonds. The summed E-state index contributed by atoms with van der Waals surface area (Å²) in [6.07, 6.45) is 3.44. The van der Waals surface area contributed by atoms with Gasteiger partial charge in [-0.15, -0.1) is 0 Å². The van der Waals surface area contributed by atoms with Crippen molar-refractivity contribution >= 4 is 10.9 Å². The number of nitriles is 1. The predicted octanol–water partition coefficient (Wildman–Crippen LogP) is 3.03. The summed E-state index contributed by atoms with van der Waals surface area (Å²) in [5.74, 6) is 0.893. The Morgan fingerprint density at radius 3 is 2.94 bits per heavy atom. The zero-order valence-corrected chi connectivity index (χ0v) is 10.2. The first-order valence-corrected chi connectivity index (χ1v) is 5.84. The van der Waals surface area contributed by atoms with Crippen molar-refractivity contribution < 1.29 is 4.74 Å². The van der Waals surface area contributed by atoms with E-state index in [1.807, 2.05) is 20.0 Å². The van der Waals surface area contributed by atoms with Crippen molar-refractivity contribution in [3.05, 3.63) is 30.0 Å². The summed E-state index contributed by atoms with van der Waals surface area (Å²) in [4.78, 5) is 0.